The highest BCUT2D eigenvalue weighted by atomic mass is 16.5. The normalized spacial score (nSPS) is 11.0. The summed E-state index contributed by atoms with van der Waals surface area (Å²) in [5.41, 5.74) is 3.64. The van der Waals surface area contributed by atoms with E-state index >= 15 is 0 Å². The van der Waals surface area contributed by atoms with Gasteiger partial charge in [0.2, 0.25) is 0 Å². The zero-order chi connectivity index (χ0) is 14.3. The van der Waals surface area contributed by atoms with Crippen LogP contribution in [0.15, 0.2) is 29.6 Å². The highest BCUT2D eigenvalue weighted by Crippen LogP contribution is 1.96. The molecular weight excluding hydrogens is 246 g/mol. The molecule has 0 fully saturated rings. The Bertz CT molecular complexity index is 498. The lowest BCUT2D eigenvalue weighted by atomic mass is 10.2. The first-order valence-corrected chi connectivity index (χ1v) is 5.88. The van der Waals surface area contributed by atoms with Gasteiger partial charge in [-0.1, -0.05) is 0 Å². The minimum absolute atomic E-state index is 0.252. The van der Waals surface area contributed by atoms with Crippen molar-refractivity contribution < 1.29 is 18.9 Å². The minimum Gasteiger partial charge on any atom is -0.469 e. The van der Waals surface area contributed by atoms with Crippen molar-refractivity contribution in [1.82, 2.24) is 5.43 Å². The van der Waals surface area contributed by atoms with Gasteiger partial charge >= 0.3 is 5.97 Å². The highest BCUT2D eigenvalue weighted by Gasteiger charge is 2.08. The van der Waals surface area contributed by atoms with Crippen LogP contribution < -0.4 is 9.99 Å². The number of amides is 1. The third-order valence-corrected chi connectivity index (χ3v) is 2.47. The van der Waals surface area contributed by atoms with Crippen LogP contribution in [-0.2, 0) is 16.6 Å². The first kappa shape index (κ1) is 14.8. The van der Waals surface area contributed by atoms with Crippen molar-refractivity contribution in [1.29, 1.82) is 0 Å². The van der Waals surface area contributed by atoms with Crippen LogP contribution in [0.25, 0.3) is 0 Å². The maximum Gasteiger partial charge on any atom is 0.305 e. The summed E-state index contributed by atoms with van der Waals surface area (Å²) in [5, 5.41) is 3.94. The van der Waals surface area contributed by atoms with Crippen molar-refractivity contribution in [2.45, 2.75) is 19.8 Å². The molecular formula is C13H18N3O3+. The van der Waals surface area contributed by atoms with Crippen LogP contribution in [0.2, 0.25) is 0 Å². The maximum absolute atomic E-state index is 11.8. The Morgan fingerprint density at radius 2 is 2.16 bits per heavy atom. The summed E-state index contributed by atoms with van der Waals surface area (Å²) in [6, 6.07) is 3.48. The molecule has 0 unspecified atom stereocenters. The molecule has 0 aromatic carbocycles. The van der Waals surface area contributed by atoms with E-state index < -0.39 is 0 Å². The molecule has 102 valence electrons. The van der Waals surface area contributed by atoms with E-state index in [1.54, 1.807) is 29.8 Å². The van der Waals surface area contributed by atoms with Gasteiger partial charge in [0.05, 0.1) is 13.5 Å². The molecule has 1 heterocycles. The predicted molar refractivity (Wildman–Crippen MR) is 69.4 cm³/mol. The smallest absolute Gasteiger partial charge is 0.305 e. The largest absolute Gasteiger partial charge is 0.469 e. The summed E-state index contributed by atoms with van der Waals surface area (Å²) in [6.07, 6.45) is 4.24. The Kier molecular flexibility index (Phi) is 5.66. The number of ether oxygens (including phenoxy) is 1. The van der Waals surface area contributed by atoms with Gasteiger partial charge in [-0.3, -0.25) is 9.59 Å². The lowest BCUT2D eigenvalue weighted by Crippen LogP contribution is -2.30. The number of methoxy groups -OCH3 is 1. The number of nitrogens with zero attached hydrogens (tertiary/aromatic N) is 2. The van der Waals surface area contributed by atoms with E-state index in [9.17, 15) is 9.59 Å². The molecule has 1 rings (SSSR count). The standard InChI is InChI=1S/C13H17N3O3/c1-10(6-7-12(17)19-3)14-15-13(18)11-5-4-8-16(2)9-11/h4-5,8-9H,6-7H2,1-3H3/p+1/b14-10+. The zero-order valence-corrected chi connectivity index (χ0v) is 11.3. The van der Waals surface area contributed by atoms with Crippen molar-refractivity contribution in [3.8, 4) is 0 Å². The van der Waals surface area contributed by atoms with Gasteiger partial charge in [0.15, 0.2) is 12.4 Å². The molecule has 1 N–H and O–H groups in total. The summed E-state index contributed by atoms with van der Waals surface area (Å²) in [6.45, 7) is 1.74. The summed E-state index contributed by atoms with van der Waals surface area (Å²) in [4.78, 5) is 22.7. The number of hydrogen-bond acceptors (Lipinski definition) is 4. The van der Waals surface area contributed by atoms with Crippen LogP contribution in [0.5, 0.6) is 0 Å². The van der Waals surface area contributed by atoms with E-state index in [1.807, 2.05) is 13.2 Å². The number of carbonyl (C=O) groups excluding carboxylic acids is 2. The number of pyridine rings is 1. The molecule has 0 aliphatic carbocycles. The van der Waals surface area contributed by atoms with E-state index in [-0.39, 0.29) is 18.3 Å². The van der Waals surface area contributed by atoms with Crippen LogP contribution in [0.4, 0.5) is 0 Å². The highest BCUT2D eigenvalue weighted by molar-refractivity contribution is 5.95. The van der Waals surface area contributed by atoms with Crippen molar-refractivity contribution in [3.63, 3.8) is 0 Å². The average Bonchev–Trinajstić information content (AvgIpc) is 2.41. The number of esters is 1. The molecule has 0 radical (unpaired) electrons. The zero-order valence-electron chi connectivity index (χ0n) is 11.3. The molecule has 0 bridgehead atoms. The van der Waals surface area contributed by atoms with Gasteiger partial charge < -0.3 is 4.74 Å². The monoisotopic (exact) mass is 264 g/mol. The maximum atomic E-state index is 11.8. The number of aryl methyl sites for hydroxylation is 1. The molecule has 6 nitrogen and oxygen atoms in total. The minimum atomic E-state index is -0.295. The van der Waals surface area contributed by atoms with Gasteiger partial charge in [-0.25, -0.2) is 9.99 Å². The summed E-state index contributed by atoms with van der Waals surface area (Å²) >= 11 is 0. The van der Waals surface area contributed by atoms with Crippen LogP contribution in [-0.4, -0.2) is 24.7 Å². The van der Waals surface area contributed by atoms with Crippen molar-refractivity contribution in [2.24, 2.45) is 12.1 Å². The molecule has 1 amide bonds. The predicted octanol–water partition coefficient (Wildman–Crippen LogP) is 0.570. The fourth-order valence-corrected chi connectivity index (χ4v) is 1.37. The number of aromatic nitrogens is 1. The van der Waals surface area contributed by atoms with Crippen LogP contribution in [0, 0.1) is 0 Å². The molecule has 0 atom stereocenters. The Labute approximate surface area is 112 Å². The summed E-state index contributed by atoms with van der Waals surface area (Å²) in [5.74, 6) is -0.579. The quantitative estimate of drug-likeness (QED) is 0.366. The van der Waals surface area contributed by atoms with Crippen LogP contribution in [0.3, 0.4) is 0 Å². The molecule has 0 saturated carbocycles. The van der Waals surface area contributed by atoms with Gasteiger partial charge in [0.25, 0.3) is 5.91 Å². The van der Waals surface area contributed by atoms with Crippen molar-refractivity contribution >= 4 is 17.6 Å². The van der Waals surface area contributed by atoms with Crippen LogP contribution >= 0.6 is 0 Å². The third kappa shape index (κ3) is 5.29. The molecule has 0 saturated heterocycles. The van der Waals surface area contributed by atoms with E-state index in [0.717, 1.165) is 0 Å². The van der Waals surface area contributed by atoms with Crippen molar-refractivity contribution in [3.05, 3.63) is 30.1 Å². The second kappa shape index (κ2) is 7.25. The third-order valence-electron chi connectivity index (χ3n) is 2.47. The number of hydrazone groups is 1. The van der Waals surface area contributed by atoms with Gasteiger partial charge in [0.1, 0.15) is 12.6 Å². The number of carbonyl (C=O) groups is 2. The average molecular weight is 264 g/mol. The first-order chi connectivity index (χ1) is 9.02. The van der Waals surface area contributed by atoms with Crippen molar-refractivity contribution in [2.75, 3.05) is 7.11 Å². The van der Waals surface area contributed by atoms with Gasteiger partial charge in [-0.15, -0.1) is 0 Å². The van der Waals surface area contributed by atoms with Crippen LogP contribution in [0.1, 0.15) is 30.1 Å². The lowest BCUT2D eigenvalue weighted by Gasteiger charge is -2.01. The summed E-state index contributed by atoms with van der Waals surface area (Å²) < 4.78 is 6.31. The molecule has 0 spiro atoms. The Hall–Kier alpha value is -2.24. The van der Waals surface area contributed by atoms with E-state index in [0.29, 0.717) is 17.7 Å². The lowest BCUT2D eigenvalue weighted by molar-refractivity contribution is -0.671. The topological polar surface area (TPSA) is 71.6 Å². The Balaban J connectivity index is 2.51. The van der Waals surface area contributed by atoms with Gasteiger partial charge in [-0.2, -0.15) is 5.10 Å². The van der Waals surface area contributed by atoms with E-state index in [1.165, 1.54) is 7.11 Å². The number of hydrogen-bond donors (Lipinski definition) is 1. The number of nitrogens with one attached hydrogen (secondary N) is 1. The van der Waals surface area contributed by atoms with Gasteiger partial charge in [-0.05, 0) is 19.4 Å². The first-order valence-electron chi connectivity index (χ1n) is 5.88. The number of rotatable bonds is 5. The second-order valence-corrected chi connectivity index (χ2v) is 4.12. The van der Waals surface area contributed by atoms with E-state index in [2.05, 4.69) is 15.3 Å². The molecule has 6 heteroatoms. The van der Waals surface area contributed by atoms with Gasteiger partial charge in [0, 0.05) is 11.8 Å². The molecule has 0 aliphatic heterocycles. The molecule has 1 aromatic heterocycles. The van der Waals surface area contributed by atoms with E-state index in [4.69, 9.17) is 0 Å². The molecule has 19 heavy (non-hydrogen) atoms. The fraction of sp³-hybridized carbons (Fsp3) is 0.385. The second-order valence-electron chi connectivity index (χ2n) is 4.12. The summed E-state index contributed by atoms with van der Waals surface area (Å²) in [7, 11) is 3.17. The molecule has 0 aliphatic rings. The molecule has 1 aromatic rings. The fourth-order valence-electron chi connectivity index (χ4n) is 1.37. The SMILES string of the molecule is COC(=O)CC/C(C)=N/NC(=O)c1ccc[n+](C)c1. The Morgan fingerprint density at radius 1 is 1.42 bits per heavy atom. The Morgan fingerprint density at radius 3 is 2.79 bits per heavy atom.